The molecule has 4 rings (SSSR count). The Labute approximate surface area is 187 Å². The van der Waals surface area contributed by atoms with E-state index in [9.17, 15) is 4.79 Å². The van der Waals surface area contributed by atoms with Gasteiger partial charge in [-0.05, 0) is 52.3 Å². The summed E-state index contributed by atoms with van der Waals surface area (Å²) >= 11 is 4.90. The highest BCUT2D eigenvalue weighted by Gasteiger charge is 2.18. The molecule has 1 amide bonds. The third kappa shape index (κ3) is 4.44. The molecular formula is C22H22BrN5OS. The van der Waals surface area contributed by atoms with Gasteiger partial charge in [0.05, 0.1) is 22.8 Å². The minimum absolute atomic E-state index is 0.222. The number of carbonyl (C=O) groups is 1. The van der Waals surface area contributed by atoms with Crippen LogP contribution in [0.5, 0.6) is 0 Å². The molecule has 1 N–H and O–H groups in total. The third-order valence-corrected chi connectivity index (χ3v) is 5.99. The number of aromatic nitrogens is 4. The van der Waals surface area contributed by atoms with E-state index in [1.807, 2.05) is 41.1 Å². The highest BCUT2D eigenvalue weighted by atomic mass is 79.9. The zero-order valence-corrected chi connectivity index (χ0v) is 19.2. The van der Waals surface area contributed by atoms with Crippen molar-refractivity contribution in [2.75, 3.05) is 5.32 Å². The van der Waals surface area contributed by atoms with Gasteiger partial charge in [0.25, 0.3) is 5.91 Å². The van der Waals surface area contributed by atoms with Gasteiger partial charge in [0.15, 0.2) is 11.5 Å². The van der Waals surface area contributed by atoms with Crippen LogP contribution in [0.2, 0.25) is 0 Å². The Morgan fingerprint density at radius 1 is 1.27 bits per heavy atom. The molecule has 0 atom stereocenters. The minimum Gasteiger partial charge on any atom is -0.304 e. The lowest BCUT2D eigenvalue weighted by molar-refractivity contribution is 0.102. The summed E-state index contributed by atoms with van der Waals surface area (Å²) in [5.41, 5.74) is 3.17. The van der Waals surface area contributed by atoms with Crippen LogP contribution in [0.25, 0.3) is 22.3 Å². The maximum absolute atomic E-state index is 12.6. The molecule has 0 fully saturated rings. The van der Waals surface area contributed by atoms with Crippen LogP contribution in [0.15, 0.2) is 52.4 Å². The molecule has 8 heteroatoms. The fourth-order valence-electron chi connectivity index (χ4n) is 3.26. The van der Waals surface area contributed by atoms with Gasteiger partial charge in [-0.3, -0.25) is 4.79 Å². The summed E-state index contributed by atoms with van der Waals surface area (Å²) < 4.78 is 6.76. The van der Waals surface area contributed by atoms with Gasteiger partial charge in [-0.2, -0.15) is 5.10 Å². The Kier molecular flexibility index (Phi) is 6.24. The first kappa shape index (κ1) is 20.7. The number of fused-ring (bicyclic) bond motifs is 1. The van der Waals surface area contributed by atoms with Crippen LogP contribution in [0.3, 0.4) is 0 Å². The number of benzene rings is 1. The number of carbonyl (C=O) groups excluding carboxylic acids is 1. The molecule has 1 aromatic carbocycles. The second-order valence-corrected chi connectivity index (χ2v) is 9.04. The van der Waals surface area contributed by atoms with Crippen LogP contribution in [0, 0.1) is 5.92 Å². The molecule has 4 aromatic rings. The maximum atomic E-state index is 12.6. The summed E-state index contributed by atoms with van der Waals surface area (Å²) in [6.07, 6.45) is 3.66. The predicted octanol–water partition coefficient (Wildman–Crippen LogP) is 6.01. The van der Waals surface area contributed by atoms with Gasteiger partial charge in [-0.25, -0.2) is 14.0 Å². The first-order valence-electron chi connectivity index (χ1n) is 9.86. The molecule has 6 nitrogen and oxygen atoms in total. The SMILES string of the molecule is CC(C)CCCn1nc(NC(=O)c2cnsc2)c2cc(Br)c(-c3ccccc3)nc21. The summed E-state index contributed by atoms with van der Waals surface area (Å²) in [5.74, 6) is 0.915. The standard InChI is InChI=1S/C22H22BrN5OS/c1-14(2)7-6-10-28-21-17(20(27-28)26-22(29)16-12-24-30-13-16)11-18(23)19(25-21)15-8-4-3-5-9-15/h3-5,8-9,11-14H,6-7,10H2,1-2H3,(H,26,27,29). The predicted molar refractivity (Wildman–Crippen MR) is 125 cm³/mol. The van der Waals surface area contributed by atoms with E-state index in [1.165, 1.54) is 11.5 Å². The minimum atomic E-state index is -0.222. The van der Waals surface area contributed by atoms with Gasteiger partial charge in [0.2, 0.25) is 0 Å². The summed E-state index contributed by atoms with van der Waals surface area (Å²) in [6, 6.07) is 12.0. The fourth-order valence-corrected chi connectivity index (χ4v) is 4.33. The summed E-state index contributed by atoms with van der Waals surface area (Å²) in [4.78, 5) is 17.5. The largest absolute Gasteiger partial charge is 0.304 e. The molecule has 30 heavy (non-hydrogen) atoms. The molecule has 0 aliphatic rings. The van der Waals surface area contributed by atoms with E-state index in [4.69, 9.17) is 10.1 Å². The smallest absolute Gasteiger partial charge is 0.259 e. The second-order valence-electron chi connectivity index (χ2n) is 7.53. The van der Waals surface area contributed by atoms with Crippen molar-refractivity contribution < 1.29 is 4.79 Å². The second kappa shape index (κ2) is 9.06. The topological polar surface area (TPSA) is 72.7 Å². The van der Waals surface area contributed by atoms with Gasteiger partial charge in [0.1, 0.15) is 0 Å². The van der Waals surface area contributed by atoms with Crippen molar-refractivity contribution in [3.8, 4) is 11.3 Å². The normalized spacial score (nSPS) is 11.3. The van der Waals surface area contributed by atoms with E-state index < -0.39 is 0 Å². The Hall–Kier alpha value is -2.58. The summed E-state index contributed by atoms with van der Waals surface area (Å²) in [6.45, 7) is 5.17. The number of nitrogens with zero attached hydrogens (tertiary/aromatic N) is 4. The number of aryl methyl sites for hydroxylation is 1. The molecule has 0 radical (unpaired) electrons. The number of hydrogen-bond acceptors (Lipinski definition) is 5. The van der Waals surface area contributed by atoms with Crippen molar-refractivity contribution in [2.24, 2.45) is 5.92 Å². The Morgan fingerprint density at radius 3 is 2.77 bits per heavy atom. The maximum Gasteiger partial charge on any atom is 0.259 e. The highest BCUT2D eigenvalue weighted by molar-refractivity contribution is 9.10. The molecule has 0 aliphatic carbocycles. The van der Waals surface area contributed by atoms with Gasteiger partial charge in [-0.1, -0.05) is 44.2 Å². The van der Waals surface area contributed by atoms with Crippen molar-refractivity contribution >= 4 is 50.2 Å². The first-order chi connectivity index (χ1) is 14.5. The molecule has 0 spiro atoms. The number of nitrogens with one attached hydrogen (secondary N) is 1. The molecule has 0 bridgehead atoms. The van der Waals surface area contributed by atoms with Crippen LogP contribution < -0.4 is 5.32 Å². The van der Waals surface area contributed by atoms with Crippen LogP contribution in [-0.4, -0.2) is 25.0 Å². The van der Waals surface area contributed by atoms with Crippen LogP contribution in [0.4, 0.5) is 5.82 Å². The summed E-state index contributed by atoms with van der Waals surface area (Å²) in [7, 11) is 0. The van der Waals surface area contributed by atoms with Gasteiger partial charge in [-0.15, -0.1) is 0 Å². The quantitative estimate of drug-likeness (QED) is 0.349. The molecule has 0 unspecified atom stereocenters. The lowest BCUT2D eigenvalue weighted by atomic mass is 10.1. The lowest BCUT2D eigenvalue weighted by Crippen LogP contribution is -2.12. The molecule has 154 valence electrons. The molecular weight excluding hydrogens is 462 g/mol. The number of hydrogen-bond donors (Lipinski definition) is 1. The van der Waals surface area contributed by atoms with Crippen molar-refractivity contribution in [3.05, 3.63) is 58.0 Å². The van der Waals surface area contributed by atoms with Crippen LogP contribution >= 0.6 is 27.5 Å². The fraction of sp³-hybridized carbons (Fsp3) is 0.273. The van der Waals surface area contributed by atoms with Crippen molar-refractivity contribution in [1.82, 2.24) is 19.1 Å². The summed E-state index contributed by atoms with van der Waals surface area (Å²) in [5, 5.41) is 10.2. The molecule has 0 aliphatic heterocycles. The number of anilines is 1. The average Bonchev–Trinajstić information content (AvgIpc) is 3.37. The third-order valence-electron chi connectivity index (χ3n) is 4.80. The van der Waals surface area contributed by atoms with Crippen LogP contribution in [-0.2, 0) is 6.54 Å². The Morgan fingerprint density at radius 2 is 2.07 bits per heavy atom. The van der Waals surface area contributed by atoms with Gasteiger partial charge in [0, 0.05) is 22.0 Å². The zero-order valence-electron chi connectivity index (χ0n) is 16.8. The van der Waals surface area contributed by atoms with Gasteiger partial charge < -0.3 is 5.32 Å². The van der Waals surface area contributed by atoms with Crippen LogP contribution in [0.1, 0.15) is 37.0 Å². The number of amides is 1. The van der Waals surface area contributed by atoms with E-state index in [0.29, 0.717) is 17.3 Å². The number of pyridine rings is 1. The molecule has 0 saturated heterocycles. The Bertz CT molecular complexity index is 1160. The van der Waals surface area contributed by atoms with E-state index >= 15 is 0 Å². The molecule has 3 heterocycles. The zero-order chi connectivity index (χ0) is 21.1. The highest BCUT2D eigenvalue weighted by Crippen LogP contribution is 2.33. The van der Waals surface area contributed by atoms with E-state index in [2.05, 4.69) is 39.5 Å². The molecule has 0 saturated carbocycles. The monoisotopic (exact) mass is 483 g/mol. The van der Waals surface area contributed by atoms with E-state index in [0.717, 1.165) is 46.1 Å². The van der Waals surface area contributed by atoms with Crippen molar-refractivity contribution in [3.63, 3.8) is 0 Å². The van der Waals surface area contributed by atoms with E-state index in [1.54, 1.807) is 11.6 Å². The van der Waals surface area contributed by atoms with E-state index in [-0.39, 0.29) is 5.91 Å². The van der Waals surface area contributed by atoms with Gasteiger partial charge >= 0.3 is 0 Å². The number of rotatable bonds is 7. The average molecular weight is 484 g/mol. The lowest BCUT2D eigenvalue weighted by Gasteiger charge is -2.08. The number of halogens is 1. The first-order valence-corrected chi connectivity index (χ1v) is 11.5. The Balaban J connectivity index is 1.75. The van der Waals surface area contributed by atoms with Crippen molar-refractivity contribution in [1.29, 1.82) is 0 Å². The molecule has 3 aromatic heterocycles. The van der Waals surface area contributed by atoms with Crippen molar-refractivity contribution in [2.45, 2.75) is 33.2 Å².